The summed E-state index contributed by atoms with van der Waals surface area (Å²) in [5, 5.41) is 2.64. The van der Waals surface area contributed by atoms with E-state index in [0.29, 0.717) is 5.16 Å². The van der Waals surface area contributed by atoms with Crippen molar-refractivity contribution in [3.63, 3.8) is 0 Å². The molecule has 3 rings (SSSR count). The fourth-order valence-corrected chi connectivity index (χ4v) is 3.19. The molecule has 0 saturated carbocycles. The smallest absolute Gasteiger partial charge is 0.237 e. The second-order valence-corrected chi connectivity index (χ2v) is 7.08. The summed E-state index contributed by atoms with van der Waals surface area (Å²) in [6.07, 6.45) is 0. The number of para-hydroxylation sites is 1. The van der Waals surface area contributed by atoms with E-state index in [2.05, 4.69) is 15.3 Å². The largest absolute Gasteiger partial charge is 0.323 e. The van der Waals surface area contributed by atoms with Crippen molar-refractivity contribution in [2.45, 2.75) is 24.3 Å². The molecule has 3 aromatic rings. The van der Waals surface area contributed by atoms with Gasteiger partial charge in [0.05, 0.1) is 16.6 Å². The quantitative estimate of drug-likeness (QED) is 0.524. The van der Waals surface area contributed by atoms with Gasteiger partial charge in [-0.25, -0.2) is 14.4 Å². The molecule has 0 aliphatic carbocycles. The second-order valence-electron chi connectivity index (χ2n) is 5.77. The number of nitrogens with zero attached hydrogens (tertiary/aromatic N) is 2. The minimum absolute atomic E-state index is 0.167. The number of hydrogen-bond donors (Lipinski definition) is 1. The number of rotatable bonds is 5. The van der Waals surface area contributed by atoms with Gasteiger partial charge in [-0.15, -0.1) is 0 Å². The lowest BCUT2D eigenvalue weighted by molar-refractivity contribution is -0.115. The molecule has 0 aliphatic heterocycles. The van der Waals surface area contributed by atoms with Gasteiger partial charge in [-0.2, -0.15) is 0 Å². The third kappa shape index (κ3) is 4.46. The summed E-state index contributed by atoms with van der Waals surface area (Å²) in [5.41, 5.74) is 2.79. The highest BCUT2D eigenvalue weighted by Crippen LogP contribution is 2.25. The van der Waals surface area contributed by atoms with Crippen LogP contribution in [0.25, 0.3) is 11.3 Å². The summed E-state index contributed by atoms with van der Waals surface area (Å²) in [6, 6.07) is 17.8. The van der Waals surface area contributed by atoms with Crippen LogP contribution < -0.4 is 5.32 Å². The fourth-order valence-electron chi connectivity index (χ4n) is 2.36. The van der Waals surface area contributed by atoms with Gasteiger partial charge in [0.15, 0.2) is 5.16 Å². The van der Waals surface area contributed by atoms with E-state index in [1.165, 1.54) is 23.9 Å². The number of halogens is 1. The molecular weight excluding hydrogens is 349 g/mol. The van der Waals surface area contributed by atoms with Gasteiger partial charge < -0.3 is 5.32 Å². The third-order valence-corrected chi connectivity index (χ3v) is 4.65. The molecule has 0 aliphatic rings. The molecule has 6 heteroatoms. The van der Waals surface area contributed by atoms with Gasteiger partial charge in [0.25, 0.3) is 0 Å². The molecule has 2 aromatic carbocycles. The predicted octanol–water partition coefficient (Wildman–Crippen LogP) is 4.71. The van der Waals surface area contributed by atoms with Crippen molar-refractivity contribution in [3.05, 3.63) is 72.2 Å². The van der Waals surface area contributed by atoms with Gasteiger partial charge in [0.2, 0.25) is 5.91 Å². The van der Waals surface area contributed by atoms with Gasteiger partial charge in [-0.1, -0.05) is 54.2 Å². The predicted molar refractivity (Wildman–Crippen MR) is 103 cm³/mol. The Morgan fingerprint density at radius 1 is 1.08 bits per heavy atom. The number of carbonyl (C=O) groups excluding carboxylic acids is 1. The lowest BCUT2D eigenvalue weighted by atomic mass is 10.1. The minimum Gasteiger partial charge on any atom is -0.323 e. The number of thioether (sulfide) groups is 1. The monoisotopic (exact) mass is 367 g/mol. The highest BCUT2D eigenvalue weighted by molar-refractivity contribution is 8.00. The van der Waals surface area contributed by atoms with E-state index >= 15 is 0 Å². The van der Waals surface area contributed by atoms with Crippen molar-refractivity contribution in [2.24, 2.45) is 0 Å². The number of benzene rings is 2. The molecule has 0 bridgehead atoms. The normalized spacial score (nSPS) is 11.8. The van der Waals surface area contributed by atoms with Crippen molar-refractivity contribution in [1.29, 1.82) is 0 Å². The van der Waals surface area contributed by atoms with Gasteiger partial charge in [-0.05, 0) is 32.0 Å². The van der Waals surface area contributed by atoms with Crippen LogP contribution in [-0.2, 0) is 4.79 Å². The maximum atomic E-state index is 13.7. The number of amides is 1. The number of hydrogen-bond acceptors (Lipinski definition) is 4. The van der Waals surface area contributed by atoms with Gasteiger partial charge in [0, 0.05) is 11.3 Å². The second kappa shape index (κ2) is 8.10. The molecule has 0 unspecified atom stereocenters. The molecule has 0 spiro atoms. The summed E-state index contributed by atoms with van der Waals surface area (Å²) >= 11 is 1.24. The van der Waals surface area contributed by atoms with Crippen LogP contribution in [0, 0.1) is 12.7 Å². The third-order valence-electron chi connectivity index (χ3n) is 3.69. The number of aromatic nitrogens is 2. The van der Waals surface area contributed by atoms with Crippen LogP contribution in [0.15, 0.2) is 65.8 Å². The first-order valence-corrected chi connectivity index (χ1v) is 9.04. The molecule has 4 nitrogen and oxygen atoms in total. The van der Waals surface area contributed by atoms with Crippen LogP contribution >= 0.6 is 11.8 Å². The van der Waals surface area contributed by atoms with Crippen molar-refractivity contribution in [3.8, 4) is 11.3 Å². The van der Waals surface area contributed by atoms with Crippen LogP contribution in [0.4, 0.5) is 10.1 Å². The molecule has 1 amide bonds. The fraction of sp³-hybridized carbons (Fsp3) is 0.150. The SMILES string of the molecule is Cc1cc(-c2ccccc2)nc(S[C@@H](C)C(=O)Nc2ccccc2F)n1. The molecule has 1 heterocycles. The Kier molecular flexibility index (Phi) is 5.63. The average molecular weight is 367 g/mol. The van der Waals surface area contributed by atoms with E-state index in [4.69, 9.17) is 0 Å². The van der Waals surface area contributed by atoms with Crippen LogP contribution in [0.5, 0.6) is 0 Å². The molecule has 1 atom stereocenters. The summed E-state index contributed by atoms with van der Waals surface area (Å²) in [7, 11) is 0. The van der Waals surface area contributed by atoms with Crippen LogP contribution in [-0.4, -0.2) is 21.1 Å². The van der Waals surface area contributed by atoms with Gasteiger partial charge in [0.1, 0.15) is 5.82 Å². The van der Waals surface area contributed by atoms with Crippen molar-refractivity contribution in [1.82, 2.24) is 9.97 Å². The highest BCUT2D eigenvalue weighted by Gasteiger charge is 2.18. The van der Waals surface area contributed by atoms with E-state index in [1.54, 1.807) is 19.1 Å². The van der Waals surface area contributed by atoms with Crippen molar-refractivity contribution in [2.75, 3.05) is 5.32 Å². The number of aryl methyl sites for hydroxylation is 1. The number of anilines is 1. The molecule has 1 N–H and O–H groups in total. The molecule has 0 radical (unpaired) electrons. The van der Waals surface area contributed by atoms with E-state index in [-0.39, 0.29) is 11.6 Å². The average Bonchev–Trinajstić information content (AvgIpc) is 2.64. The van der Waals surface area contributed by atoms with Crippen molar-refractivity contribution >= 4 is 23.4 Å². The zero-order valence-corrected chi connectivity index (χ0v) is 15.3. The Hall–Kier alpha value is -2.73. The van der Waals surface area contributed by atoms with Gasteiger partial charge in [-0.3, -0.25) is 4.79 Å². The summed E-state index contributed by atoms with van der Waals surface area (Å²) in [4.78, 5) is 21.3. The van der Waals surface area contributed by atoms with E-state index < -0.39 is 11.1 Å². The van der Waals surface area contributed by atoms with E-state index in [0.717, 1.165) is 17.0 Å². The Morgan fingerprint density at radius 2 is 1.77 bits per heavy atom. The van der Waals surface area contributed by atoms with Crippen LogP contribution in [0.3, 0.4) is 0 Å². The first-order chi connectivity index (χ1) is 12.5. The summed E-state index contributed by atoms with van der Waals surface area (Å²) in [5.74, 6) is -0.761. The first kappa shape index (κ1) is 18.1. The Bertz CT molecular complexity index is 918. The lowest BCUT2D eigenvalue weighted by Crippen LogP contribution is -2.23. The lowest BCUT2D eigenvalue weighted by Gasteiger charge is -2.12. The maximum Gasteiger partial charge on any atom is 0.237 e. The molecule has 0 saturated heterocycles. The van der Waals surface area contributed by atoms with E-state index in [9.17, 15) is 9.18 Å². The number of carbonyl (C=O) groups is 1. The number of nitrogens with one attached hydrogen (secondary N) is 1. The standard InChI is InChI=1S/C20H18FN3OS/c1-13-12-18(15-8-4-3-5-9-15)24-20(22-13)26-14(2)19(25)23-17-11-7-6-10-16(17)21/h3-12,14H,1-2H3,(H,23,25)/t14-/m0/s1. The molecule has 132 valence electrons. The zero-order chi connectivity index (χ0) is 18.5. The Labute approximate surface area is 155 Å². The minimum atomic E-state index is -0.472. The van der Waals surface area contributed by atoms with Crippen LogP contribution in [0.1, 0.15) is 12.6 Å². The topological polar surface area (TPSA) is 54.9 Å². The summed E-state index contributed by atoms with van der Waals surface area (Å²) < 4.78 is 13.7. The van der Waals surface area contributed by atoms with Crippen LogP contribution in [0.2, 0.25) is 0 Å². The molecule has 1 aromatic heterocycles. The highest BCUT2D eigenvalue weighted by atomic mass is 32.2. The summed E-state index contributed by atoms with van der Waals surface area (Å²) in [6.45, 7) is 3.64. The first-order valence-electron chi connectivity index (χ1n) is 8.16. The Balaban J connectivity index is 1.75. The van der Waals surface area contributed by atoms with E-state index in [1.807, 2.05) is 43.3 Å². The molecule has 26 heavy (non-hydrogen) atoms. The molecular formula is C20H18FN3OS. The van der Waals surface area contributed by atoms with Crippen molar-refractivity contribution < 1.29 is 9.18 Å². The maximum absolute atomic E-state index is 13.7. The zero-order valence-electron chi connectivity index (χ0n) is 14.4. The Morgan fingerprint density at radius 3 is 2.50 bits per heavy atom. The van der Waals surface area contributed by atoms with Gasteiger partial charge >= 0.3 is 0 Å². The molecule has 0 fully saturated rings.